The van der Waals surface area contributed by atoms with Crippen LogP contribution in [-0.2, 0) is 15.1 Å². The van der Waals surface area contributed by atoms with Crippen molar-refractivity contribution >= 4 is 5.97 Å². The first-order valence-electron chi connectivity index (χ1n) is 6.29. The fraction of sp³-hybridized carbons (Fsp3) is 0.500. The molecule has 1 aromatic rings. The highest BCUT2D eigenvalue weighted by Crippen LogP contribution is 2.33. The summed E-state index contributed by atoms with van der Waals surface area (Å²) in [6.07, 6.45) is 0.0148. The van der Waals surface area contributed by atoms with Crippen LogP contribution >= 0.6 is 0 Å². The van der Waals surface area contributed by atoms with E-state index in [0.29, 0.717) is 12.1 Å². The third-order valence-corrected chi connectivity index (χ3v) is 2.99. The largest absolute Gasteiger partial charge is 0.469 e. The molecule has 0 spiro atoms. The molecule has 0 amide bonds. The summed E-state index contributed by atoms with van der Waals surface area (Å²) in [5.41, 5.74) is -0.347. The van der Waals surface area contributed by atoms with Gasteiger partial charge in [-0.2, -0.15) is 8.78 Å². The van der Waals surface area contributed by atoms with E-state index in [9.17, 15) is 13.6 Å². The Hall–Kier alpha value is -1.69. The average molecular weight is 287 g/mol. The highest BCUT2D eigenvalue weighted by Gasteiger charge is 2.32. The van der Waals surface area contributed by atoms with Gasteiger partial charge in [-0.25, -0.2) is 0 Å². The minimum atomic E-state index is -2.92. The Kier molecular flexibility index (Phi) is 5.88. The highest BCUT2D eigenvalue weighted by molar-refractivity contribution is 5.71. The summed E-state index contributed by atoms with van der Waals surface area (Å²) in [4.78, 5) is 11.6. The molecule has 1 aromatic carbocycles. The summed E-state index contributed by atoms with van der Waals surface area (Å²) in [5.74, 6) is -0.379. The Labute approximate surface area is 117 Å². The zero-order valence-electron chi connectivity index (χ0n) is 11.8. The second-order valence-electron chi connectivity index (χ2n) is 4.49. The van der Waals surface area contributed by atoms with Gasteiger partial charge in [0, 0.05) is 5.56 Å². The maximum Gasteiger partial charge on any atom is 0.387 e. The third kappa shape index (κ3) is 4.16. The van der Waals surface area contributed by atoms with Crippen LogP contribution in [0.5, 0.6) is 5.75 Å². The molecular weight excluding hydrogens is 268 g/mol. The minimum absolute atomic E-state index is 0.0148. The maximum atomic E-state index is 12.5. The van der Waals surface area contributed by atoms with Gasteiger partial charge in [0.25, 0.3) is 0 Å². The van der Waals surface area contributed by atoms with Gasteiger partial charge in [0.05, 0.1) is 19.1 Å². The first-order valence-corrected chi connectivity index (χ1v) is 6.29. The molecule has 4 nitrogen and oxygen atoms in total. The van der Waals surface area contributed by atoms with Crippen molar-refractivity contribution in [3.63, 3.8) is 0 Å². The summed E-state index contributed by atoms with van der Waals surface area (Å²) in [6.45, 7) is 1.27. The molecule has 0 saturated carbocycles. The van der Waals surface area contributed by atoms with Crippen molar-refractivity contribution in [1.29, 1.82) is 0 Å². The fourth-order valence-electron chi connectivity index (χ4n) is 2.13. The molecule has 0 aliphatic carbocycles. The molecule has 0 radical (unpaired) electrons. The lowest BCUT2D eigenvalue weighted by atomic mass is 9.87. The van der Waals surface area contributed by atoms with Crippen LogP contribution < -0.4 is 10.1 Å². The summed E-state index contributed by atoms with van der Waals surface area (Å²) in [6, 6.07) is 6.42. The molecule has 1 N–H and O–H groups in total. The van der Waals surface area contributed by atoms with Gasteiger partial charge >= 0.3 is 12.6 Å². The number of ether oxygens (including phenoxy) is 2. The van der Waals surface area contributed by atoms with Crippen LogP contribution in [0.1, 0.15) is 25.8 Å². The van der Waals surface area contributed by atoms with E-state index in [0.717, 1.165) is 0 Å². The number of para-hydroxylation sites is 1. The van der Waals surface area contributed by atoms with Gasteiger partial charge in [0.15, 0.2) is 0 Å². The van der Waals surface area contributed by atoms with Crippen molar-refractivity contribution in [3.8, 4) is 5.75 Å². The van der Waals surface area contributed by atoms with Crippen molar-refractivity contribution in [2.45, 2.75) is 32.4 Å². The van der Waals surface area contributed by atoms with Gasteiger partial charge in [0.1, 0.15) is 5.75 Å². The van der Waals surface area contributed by atoms with Crippen molar-refractivity contribution in [3.05, 3.63) is 29.8 Å². The van der Waals surface area contributed by atoms with E-state index in [1.165, 1.54) is 13.2 Å². The van der Waals surface area contributed by atoms with Gasteiger partial charge in [-0.05, 0) is 19.5 Å². The number of rotatable bonds is 7. The van der Waals surface area contributed by atoms with E-state index in [2.05, 4.69) is 14.8 Å². The van der Waals surface area contributed by atoms with Gasteiger partial charge in [-0.15, -0.1) is 0 Å². The topological polar surface area (TPSA) is 47.6 Å². The van der Waals surface area contributed by atoms with Crippen LogP contribution in [0.3, 0.4) is 0 Å². The normalized spacial score (nSPS) is 13.9. The third-order valence-electron chi connectivity index (χ3n) is 2.99. The van der Waals surface area contributed by atoms with Crippen molar-refractivity contribution in [2.75, 3.05) is 13.7 Å². The predicted molar refractivity (Wildman–Crippen MR) is 70.7 cm³/mol. The molecule has 112 valence electrons. The number of alkyl halides is 2. The molecule has 1 unspecified atom stereocenters. The Balaban J connectivity index is 3.16. The molecule has 0 saturated heterocycles. The number of carbonyl (C=O) groups is 1. The lowest BCUT2D eigenvalue weighted by molar-refractivity contribution is -0.142. The molecule has 0 bridgehead atoms. The average Bonchev–Trinajstić information content (AvgIpc) is 2.38. The second kappa shape index (κ2) is 7.19. The number of hydrogen-bond acceptors (Lipinski definition) is 4. The Bertz CT molecular complexity index is 454. The van der Waals surface area contributed by atoms with E-state index in [1.54, 1.807) is 25.1 Å². The fourth-order valence-corrected chi connectivity index (χ4v) is 2.13. The number of hydrogen-bond donors (Lipinski definition) is 1. The summed E-state index contributed by atoms with van der Waals surface area (Å²) < 4.78 is 34.1. The number of methoxy groups -OCH3 is 1. The van der Waals surface area contributed by atoms with E-state index in [-0.39, 0.29) is 12.2 Å². The van der Waals surface area contributed by atoms with Crippen LogP contribution in [0.2, 0.25) is 0 Å². The van der Waals surface area contributed by atoms with E-state index in [4.69, 9.17) is 0 Å². The lowest BCUT2D eigenvalue weighted by Crippen LogP contribution is -2.42. The molecule has 0 heterocycles. The molecule has 0 aromatic heterocycles. The van der Waals surface area contributed by atoms with E-state index < -0.39 is 18.1 Å². The van der Waals surface area contributed by atoms with E-state index >= 15 is 0 Å². The number of esters is 1. The van der Waals surface area contributed by atoms with E-state index in [1.807, 2.05) is 6.92 Å². The van der Waals surface area contributed by atoms with Gasteiger partial charge in [-0.3, -0.25) is 4.79 Å². The summed E-state index contributed by atoms with van der Waals surface area (Å²) >= 11 is 0. The van der Waals surface area contributed by atoms with Crippen LogP contribution in [0, 0.1) is 0 Å². The van der Waals surface area contributed by atoms with Crippen LogP contribution in [0.4, 0.5) is 8.78 Å². The molecule has 1 atom stereocenters. The molecule has 20 heavy (non-hydrogen) atoms. The number of halogens is 2. The molecule has 1 rings (SSSR count). The zero-order chi connectivity index (χ0) is 15.2. The number of nitrogens with one attached hydrogen (secondary N) is 1. The Morgan fingerprint density at radius 2 is 2.05 bits per heavy atom. The first-order chi connectivity index (χ1) is 9.42. The number of benzene rings is 1. The Morgan fingerprint density at radius 3 is 2.60 bits per heavy atom. The minimum Gasteiger partial charge on any atom is -0.469 e. The standard InChI is InChI=1S/C14H19F2NO3/c1-4-17-14(2,9-12(18)19-3)10-7-5-6-8-11(10)20-13(15)16/h5-8,13,17H,4,9H2,1-3H3. The molecule has 6 heteroatoms. The summed E-state index contributed by atoms with van der Waals surface area (Å²) in [5, 5.41) is 3.13. The van der Waals surface area contributed by atoms with Gasteiger partial charge < -0.3 is 14.8 Å². The SMILES string of the molecule is CCNC(C)(CC(=O)OC)c1ccccc1OC(F)F. The smallest absolute Gasteiger partial charge is 0.387 e. The summed E-state index contributed by atoms with van der Waals surface area (Å²) in [7, 11) is 1.29. The quantitative estimate of drug-likeness (QED) is 0.783. The maximum absolute atomic E-state index is 12.5. The van der Waals surface area contributed by atoms with Gasteiger partial charge in [-0.1, -0.05) is 25.1 Å². The van der Waals surface area contributed by atoms with Crippen molar-refractivity contribution < 1.29 is 23.0 Å². The molecule has 0 aliphatic rings. The van der Waals surface area contributed by atoms with Crippen LogP contribution in [0.15, 0.2) is 24.3 Å². The van der Waals surface area contributed by atoms with Crippen LogP contribution in [0.25, 0.3) is 0 Å². The molecule has 0 aliphatic heterocycles. The monoisotopic (exact) mass is 287 g/mol. The van der Waals surface area contributed by atoms with Gasteiger partial charge in [0.2, 0.25) is 0 Å². The number of carbonyl (C=O) groups excluding carboxylic acids is 1. The molecular formula is C14H19F2NO3. The lowest BCUT2D eigenvalue weighted by Gasteiger charge is -2.31. The Morgan fingerprint density at radius 1 is 1.40 bits per heavy atom. The molecule has 0 fully saturated rings. The van der Waals surface area contributed by atoms with Crippen molar-refractivity contribution in [2.24, 2.45) is 0 Å². The van der Waals surface area contributed by atoms with Crippen molar-refractivity contribution in [1.82, 2.24) is 5.32 Å². The zero-order valence-corrected chi connectivity index (χ0v) is 11.8. The highest BCUT2D eigenvalue weighted by atomic mass is 19.3. The predicted octanol–water partition coefficient (Wildman–Crippen LogP) is 2.68. The first kappa shape index (κ1) is 16.4. The van der Waals surface area contributed by atoms with Crippen LogP contribution in [-0.4, -0.2) is 26.2 Å². The second-order valence-corrected chi connectivity index (χ2v) is 4.49.